The molecule has 0 unspecified atom stereocenters. The lowest BCUT2D eigenvalue weighted by Crippen LogP contribution is -2.16. The van der Waals surface area contributed by atoms with E-state index in [1.54, 1.807) is 5.51 Å². The van der Waals surface area contributed by atoms with Crippen molar-refractivity contribution in [2.24, 2.45) is 0 Å². The van der Waals surface area contributed by atoms with E-state index in [0.29, 0.717) is 28.7 Å². The number of imidazole rings is 1. The summed E-state index contributed by atoms with van der Waals surface area (Å²) in [6.07, 6.45) is 1.75. The first kappa shape index (κ1) is 13.6. The van der Waals surface area contributed by atoms with Crippen LogP contribution in [0.3, 0.4) is 0 Å². The standard InChI is InChI=1S/C10H9ClN8OS/c11-9-17-7(6-8(18-9)14-3-13-6)12-2-1-5(20)16-10-19-15-4-21-10/h3-4H,1-2H2,(H,16,19,20)(H2,12,13,14,17,18). The van der Waals surface area contributed by atoms with Gasteiger partial charge < -0.3 is 15.6 Å². The van der Waals surface area contributed by atoms with Crippen LogP contribution in [0.5, 0.6) is 0 Å². The van der Waals surface area contributed by atoms with Crippen LogP contribution in [-0.4, -0.2) is 42.6 Å². The average Bonchev–Trinajstić information content (AvgIpc) is 3.09. The lowest BCUT2D eigenvalue weighted by Gasteiger charge is -2.06. The van der Waals surface area contributed by atoms with Crippen molar-refractivity contribution in [2.75, 3.05) is 17.2 Å². The van der Waals surface area contributed by atoms with Crippen LogP contribution in [0.25, 0.3) is 11.2 Å². The quantitative estimate of drug-likeness (QED) is 0.605. The number of carbonyl (C=O) groups excluding carboxylic acids is 1. The summed E-state index contributed by atoms with van der Waals surface area (Å²) in [4.78, 5) is 26.6. The van der Waals surface area contributed by atoms with Crippen molar-refractivity contribution >= 4 is 51.0 Å². The van der Waals surface area contributed by atoms with Gasteiger partial charge in [-0.25, -0.2) is 4.98 Å². The molecule has 3 rings (SSSR count). The molecule has 0 spiro atoms. The van der Waals surface area contributed by atoms with Crippen molar-refractivity contribution in [3.05, 3.63) is 17.1 Å². The largest absolute Gasteiger partial charge is 0.368 e. The van der Waals surface area contributed by atoms with Gasteiger partial charge in [0.25, 0.3) is 0 Å². The number of H-pyrrole nitrogens is 1. The fraction of sp³-hybridized carbons (Fsp3) is 0.200. The molecule has 3 heterocycles. The van der Waals surface area contributed by atoms with Crippen LogP contribution in [0, 0.1) is 0 Å². The number of fused-ring (bicyclic) bond motifs is 1. The van der Waals surface area contributed by atoms with Crippen LogP contribution in [0.1, 0.15) is 6.42 Å². The van der Waals surface area contributed by atoms with Gasteiger partial charge >= 0.3 is 0 Å². The summed E-state index contributed by atoms with van der Waals surface area (Å²) in [5.41, 5.74) is 2.66. The molecule has 0 aliphatic rings. The van der Waals surface area contributed by atoms with E-state index in [9.17, 15) is 4.79 Å². The molecular weight excluding hydrogens is 316 g/mol. The number of hydrogen-bond donors (Lipinski definition) is 3. The zero-order valence-corrected chi connectivity index (χ0v) is 12.1. The third-order valence-electron chi connectivity index (χ3n) is 2.51. The molecule has 0 aliphatic heterocycles. The van der Waals surface area contributed by atoms with Gasteiger partial charge in [-0.1, -0.05) is 11.3 Å². The fourth-order valence-electron chi connectivity index (χ4n) is 1.64. The summed E-state index contributed by atoms with van der Waals surface area (Å²) in [6, 6.07) is 0. The molecular formula is C10H9ClN8OS. The molecule has 21 heavy (non-hydrogen) atoms. The van der Waals surface area contributed by atoms with Gasteiger partial charge in [0.1, 0.15) is 11.0 Å². The molecule has 11 heteroatoms. The molecule has 0 bridgehead atoms. The van der Waals surface area contributed by atoms with Crippen LogP contribution in [0.4, 0.5) is 10.9 Å². The molecule has 3 aromatic heterocycles. The molecule has 0 aromatic carbocycles. The van der Waals surface area contributed by atoms with E-state index in [-0.39, 0.29) is 17.6 Å². The Morgan fingerprint density at radius 1 is 1.43 bits per heavy atom. The Balaban J connectivity index is 1.59. The Labute approximate surface area is 127 Å². The van der Waals surface area contributed by atoms with Crippen LogP contribution in [0.15, 0.2) is 11.8 Å². The summed E-state index contributed by atoms with van der Waals surface area (Å²) in [5, 5.41) is 13.6. The van der Waals surface area contributed by atoms with Crippen molar-refractivity contribution in [1.29, 1.82) is 0 Å². The van der Waals surface area contributed by atoms with Gasteiger partial charge in [0.15, 0.2) is 11.5 Å². The highest BCUT2D eigenvalue weighted by Crippen LogP contribution is 2.18. The van der Waals surface area contributed by atoms with Crippen molar-refractivity contribution in [1.82, 2.24) is 30.1 Å². The smallest absolute Gasteiger partial charge is 0.227 e. The Bertz CT molecular complexity index is 758. The van der Waals surface area contributed by atoms with E-state index >= 15 is 0 Å². The first-order valence-corrected chi connectivity index (χ1v) is 7.14. The minimum absolute atomic E-state index is 0.0930. The molecule has 0 radical (unpaired) electrons. The van der Waals surface area contributed by atoms with Crippen molar-refractivity contribution in [2.45, 2.75) is 6.42 Å². The first-order chi connectivity index (χ1) is 10.2. The van der Waals surface area contributed by atoms with Crippen molar-refractivity contribution < 1.29 is 4.79 Å². The molecule has 0 saturated carbocycles. The Hall–Kier alpha value is -2.33. The summed E-state index contributed by atoms with van der Waals surface area (Å²) < 4.78 is 0. The zero-order chi connectivity index (χ0) is 14.7. The second-order valence-corrected chi connectivity index (χ2v) is 5.08. The molecule has 3 N–H and O–H groups in total. The zero-order valence-electron chi connectivity index (χ0n) is 10.5. The maximum Gasteiger partial charge on any atom is 0.227 e. The molecule has 9 nitrogen and oxygen atoms in total. The number of anilines is 2. The summed E-state index contributed by atoms with van der Waals surface area (Å²) in [5.74, 6) is 0.339. The predicted molar refractivity (Wildman–Crippen MR) is 78.3 cm³/mol. The SMILES string of the molecule is O=C(CCNc1nc(Cl)nc2nc[nH]c12)Nc1nncs1. The van der Waals surface area contributed by atoms with Gasteiger partial charge in [0.2, 0.25) is 16.3 Å². The van der Waals surface area contributed by atoms with E-state index in [0.717, 1.165) is 0 Å². The molecule has 0 saturated heterocycles. The van der Waals surface area contributed by atoms with E-state index in [1.807, 2.05) is 0 Å². The molecule has 3 aromatic rings. The van der Waals surface area contributed by atoms with Crippen LogP contribution in [0.2, 0.25) is 5.28 Å². The number of carbonyl (C=O) groups is 1. The number of aromatic nitrogens is 6. The van der Waals surface area contributed by atoms with E-state index in [1.165, 1.54) is 17.7 Å². The van der Waals surface area contributed by atoms with Crippen LogP contribution >= 0.6 is 22.9 Å². The van der Waals surface area contributed by atoms with Crippen LogP contribution < -0.4 is 10.6 Å². The number of hydrogen-bond acceptors (Lipinski definition) is 8. The van der Waals surface area contributed by atoms with Crippen molar-refractivity contribution in [3.63, 3.8) is 0 Å². The highest BCUT2D eigenvalue weighted by molar-refractivity contribution is 7.13. The normalized spacial score (nSPS) is 10.7. The maximum atomic E-state index is 11.7. The average molecular weight is 325 g/mol. The molecule has 0 fully saturated rings. The Morgan fingerprint density at radius 2 is 2.33 bits per heavy atom. The minimum atomic E-state index is -0.166. The number of rotatable bonds is 5. The molecule has 108 valence electrons. The fourth-order valence-corrected chi connectivity index (χ4v) is 2.26. The second-order valence-electron chi connectivity index (χ2n) is 3.91. The van der Waals surface area contributed by atoms with Gasteiger partial charge in [-0.3, -0.25) is 4.79 Å². The van der Waals surface area contributed by atoms with E-state index in [4.69, 9.17) is 11.6 Å². The first-order valence-electron chi connectivity index (χ1n) is 5.89. The number of amides is 1. The highest BCUT2D eigenvalue weighted by Gasteiger charge is 2.09. The highest BCUT2D eigenvalue weighted by atomic mass is 35.5. The number of nitrogens with one attached hydrogen (secondary N) is 3. The Kier molecular flexibility index (Phi) is 3.88. The topological polar surface area (TPSA) is 121 Å². The maximum absolute atomic E-state index is 11.7. The predicted octanol–water partition coefficient (Wildman–Crippen LogP) is 1.30. The summed E-state index contributed by atoms with van der Waals surface area (Å²) >= 11 is 7.07. The van der Waals surface area contributed by atoms with Gasteiger partial charge in [0, 0.05) is 13.0 Å². The monoisotopic (exact) mass is 324 g/mol. The van der Waals surface area contributed by atoms with Gasteiger partial charge in [-0.05, 0) is 11.6 Å². The molecule has 1 amide bonds. The number of nitrogens with zero attached hydrogens (tertiary/aromatic N) is 5. The van der Waals surface area contributed by atoms with Gasteiger partial charge in [-0.2, -0.15) is 9.97 Å². The third-order valence-corrected chi connectivity index (χ3v) is 3.28. The third kappa shape index (κ3) is 3.23. The van der Waals surface area contributed by atoms with Gasteiger partial charge in [0.05, 0.1) is 6.33 Å². The minimum Gasteiger partial charge on any atom is -0.368 e. The molecule has 0 aliphatic carbocycles. The van der Waals surface area contributed by atoms with Gasteiger partial charge in [-0.15, -0.1) is 10.2 Å². The van der Waals surface area contributed by atoms with Crippen LogP contribution in [-0.2, 0) is 4.79 Å². The van der Waals surface area contributed by atoms with Crippen molar-refractivity contribution in [3.8, 4) is 0 Å². The number of halogens is 1. The lowest BCUT2D eigenvalue weighted by atomic mass is 10.4. The summed E-state index contributed by atoms with van der Waals surface area (Å²) in [7, 11) is 0. The molecule has 0 atom stereocenters. The number of aromatic amines is 1. The Morgan fingerprint density at radius 3 is 3.14 bits per heavy atom. The lowest BCUT2D eigenvalue weighted by molar-refractivity contribution is -0.115. The van der Waals surface area contributed by atoms with E-state index < -0.39 is 0 Å². The second kappa shape index (κ2) is 5.97. The summed E-state index contributed by atoms with van der Waals surface area (Å²) in [6.45, 7) is 0.381. The van der Waals surface area contributed by atoms with E-state index in [2.05, 4.69) is 40.8 Å².